The van der Waals surface area contributed by atoms with Crippen LogP contribution in [-0.4, -0.2) is 52.4 Å². The van der Waals surface area contributed by atoms with Gasteiger partial charge in [0.2, 0.25) is 11.8 Å². The molecule has 196 valence electrons. The maximum atomic E-state index is 13.2. The van der Waals surface area contributed by atoms with Crippen molar-refractivity contribution in [3.8, 4) is 0 Å². The summed E-state index contributed by atoms with van der Waals surface area (Å²) in [6.07, 6.45) is 5.00. The minimum absolute atomic E-state index is 0.00531. The Morgan fingerprint density at radius 3 is 2.37 bits per heavy atom. The summed E-state index contributed by atoms with van der Waals surface area (Å²) in [5, 5.41) is 3.12. The molecule has 8 nitrogen and oxygen atoms in total. The predicted octanol–water partition coefficient (Wildman–Crippen LogP) is 3.16. The lowest BCUT2D eigenvalue weighted by molar-refractivity contribution is -0.153. The lowest BCUT2D eigenvalue weighted by Crippen LogP contribution is -2.43. The maximum absolute atomic E-state index is 13.2. The third kappa shape index (κ3) is 4.48. The van der Waals surface area contributed by atoms with Crippen LogP contribution in [-0.2, 0) is 32.2 Å². The lowest BCUT2D eigenvalue weighted by Gasteiger charge is -2.30. The van der Waals surface area contributed by atoms with Gasteiger partial charge in [-0.2, -0.15) is 0 Å². The van der Waals surface area contributed by atoms with Gasteiger partial charge >= 0.3 is 5.97 Å². The zero-order chi connectivity index (χ0) is 26.2. The molecule has 6 rings (SSSR count). The number of amides is 2. The molecule has 8 heteroatoms. The van der Waals surface area contributed by atoms with Crippen LogP contribution in [0.4, 0.5) is 0 Å². The number of fused-ring (bicyclic) bond motifs is 2. The predicted molar refractivity (Wildman–Crippen MR) is 142 cm³/mol. The lowest BCUT2D eigenvalue weighted by atomic mass is 9.82. The Hall–Kier alpha value is -3.94. The van der Waals surface area contributed by atoms with Gasteiger partial charge in [0, 0.05) is 25.6 Å². The zero-order valence-corrected chi connectivity index (χ0v) is 21.5. The van der Waals surface area contributed by atoms with E-state index in [4.69, 9.17) is 9.72 Å². The molecule has 0 spiro atoms. The van der Waals surface area contributed by atoms with Crippen molar-refractivity contribution in [3.05, 3.63) is 78.1 Å². The molecule has 2 amide bonds. The molecule has 0 bridgehead atoms. The molecule has 2 fully saturated rings. The van der Waals surface area contributed by atoms with E-state index in [9.17, 15) is 14.4 Å². The fourth-order valence-electron chi connectivity index (χ4n) is 6.32. The number of rotatable bonds is 7. The van der Waals surface area contributed by atoms with Gasteiger partial charge in [0.1, 0.15) is 5.82 Å². The fourth-order valence-corrected chi connectivity index (χ4v) is 6.32. The van der Waals surface area contributed by atoms with Crippen LogP contribution in [0.1, 0.15) is 24.2 Å². The first-order valence-electron chi connectivity index (χ1n) is 13.3. The van der Waals surface area contributed by atoms with Crippen LogP contribution < -0.4 is 5.32 Å². The van der Waals surface area contributed by atoms with Gasteiger partial charge in [0.25, 0.3) is 0 Å². The highest BCUT2D eigenvalue weighted by Gasteiger charge is 2.60. The summed E-state index contributed by atoms with van der Waals surface area (Å²) in [6.45, 7) is 2.18. The quantitative estimate of drug-likeness (QED) is 0.388. The average Bonchev–Trinajstić information content (AvgIpc) is 3.27. The van der Waals surface area contributed by atoms with E-state index in [-0.39, 0.29) is 41.5 Å². The first kappa shape index (κ1) is 24.4. The number of nitrogens with zero attached hydrogens (tertiary/aromatic N) is 3. The molecule has 1 aromatic heterocycles. The minimum Gasteiger partial charge on any atom is -0.469 e. The largest absolute Gasteiger partial charge is 0.469 e. The number of para-hydroxylation sites is 2. The molecule has 0 radical (unpaired) electrons. The van der Waals surface area contributed by atoms with E-state index in [0.29, 0.717) is 39.0 Å². The highest BCUT2D eigenvalue weighted by molar-refractivity contribution is 5.88. The molecule has 3 unspecified atom stereocenters. The SMILES string of the molecule is COC(=O)C1CC=CCC1C(=O)N1C[C@@H]2C(C(=O)NCc3nc4ccccc4n3Cc3ccccc3)[C@@H]2C1. The Morgan fingerprint density at radius 2 is 1.63 bits per heavy atom. The van der Waals surface area contributed by atoms with Crippen molar-refractivity contribution in [2.75, 3.05) is 20.2 Å². The minimum atomic E-state index is -0.427. The van der Waals surface area contributed by atoms with E-state index < -0.39 is 5.92 Å². The standard InChI is InChI=1S/C30H32N4O4/c1-38-30(37)21-12-6-5-11-20(21)29(36)33-17-22-23(18-33)27(22)28(35)31-15-26-32-24-13-7-8-14-25(24)34(26)16-19-9-3-2-4-10-19/h2-10,13-14,20-23,27H,11-12,15-18H2,1H3,(H,31,35)/t20?,21?,22-,23+,27?. The van der Waals surface area contributed by atoms with Gasteiger partial charge in [0.15, 0.2) is 0 Å². The number of aromatic nitrogens is 2. The van der Waals surface area contributed by atoms with Crippen LogP contribution in [0.5, 0.6) is 0 Å². The number of hydrogen-bond acceptors (Lipinski definition) is 5. The zero-order valence-electron chi connectivity index (χ0n) is 21.5. The summed E-state index contributed by atoms with van der Waals surface area (Å²) in [6, 6.07) is 18.3. The Balaban J connectivity index is 1.08. The van der Waals surface area contributed by atoms with Crippen LogP contribution in [0.2, 0.25) is 0 Å². The van der Waals surface area contributed by atoms with Crippen molar-refractivity contribution < 1.29 is 19.1 Å². The summed E-state index contributed by atoms with van der Waals surface area (Å²) in [7, 11) is 1.37. The summed E-state index contributed by atoms with van der Waals surface area (Å²) in [5.74, 6) is 0.00440. The first-order valence-corrected chi connectivity index (χ1v) is 13.3. The van der Waals surface area contributed by atoms with E-state index in [0.717, 1.165) is 16.9 Å². The molecule has 38 heavy (non-hydrogen) atoms. The molecule has 3 aliphatic rings. The van der Waals surface area contributed by atoms with E-state index in [2.05, 4.69) is 28.1 Å². The number of imidazole rings is 1. The fraction of sp³-hybridized carbons (Fsp3) is 0.400. The number of nitrogens with one attached hydrogen (secondary N) is 1. The average molecular weight is 513 g/mol. The van der Waals surface area contributed by atoms with Crippen molar-refractivity contribution in [1.29, 1.82) is 0 Å². The summed E-state index contributed by atoms with van der Waals surface area (Å²) < 4.78 is 7.09. The van der Waals surface area contributed by atoms with Crippen molar-refractivity contribution in [3.63, 3.8) is 0 Å². The number of carbonyl (C=O) groups excluding carboxylic acids is 3. The number of carbonyl (C=O) groups is 3. The second kappa shape index (κ2) is 10.1. The van der Waals surface area contributed by atoms with Crippen LogP contribution in [0, 0.1) is 29.6 Å². The number of ether oxygens (including phenoxy) is 1. The van der Waals surface area contributed by atoms with Gasteiger partial charge in [-0.25, -0.2) is 4.98 Å². The molecule has 3 aromatic rings. The molecular formula is C30H32N4O4. The summed E-state index contributed by atoms with van der Waals surface area (Å²) >= 11 is 0. The third-order valence-electron chi connectivity index (χ3n) is 8.40. The summed E-state index contributed by atoms with van der Waals surface area (Å²) in [4.78, 5) is 45.2. The van der Waals surface area contributed by atoms with Gasteiger partial charge in [-0.3, -0.25) is 14.4 Å². The van der Waals surface area contributed by atoms with E-state index in [1.165, 1.54) is 12.7 Å². The van der Waals surface area contributed by atoms with E-state index in [1.54, 1.807) is 0 Å². The number of benzene rings is 2. The van der Waals surface area contributed by atoms with Crippen molar-refractivity contribution in [2.24, 2.45) is 29.6 Å². The molecule has 5 atom stereocenters. The Morgan fingerprint density at radius 1 is 0.947 bits per heavy atom. The molecule has 2 aliphatic carbocycles. The molecule has 2 aromatic carbocycles. The van der Waals surface area contributed by atoms with Crippen LogP contribution in [0.3, 0.4) is 0 Å². The van der Waals surface area contributed by atoms with Gasteiger partial charge in [-0.1, -0.05) is 54.6 Å². The molecule has 1 saturated heterocycles. The van der Waals surface area contributed by atoms with Crippen molar-refractivity contribution >= 4 is 28.8 Å². The Bertz CT molecular complexity index is 1390. The first-order chi connectivity index (χ1) is 18.5. The topological polar surface area (TPSA) is 93.5 Å². The Kier molecular flexibility index (Phi) is 6.47. The molecular weight excluding hydrogens is 480 g/mol. The highest BCUT2D eigenvalue weighted by Crippen LogP contribution is 2.52. The van der Waals surface area contributed by atoms with Crippen molar-refractivity contribution in [1.82, 2.24) is 19.8 Å². The van der Waals surface area contributed by atoms with Crippen LogP contribution in [0.15, 0.2) is 66.7 Å². The van der Waals surface area contributed by atoms with Crippen LogP contribution in [0.25, 0.3) is 11.0 Å². The summed E-state index contributed by atoms with van der Waals surface area (Å²) in [5.41, 5.74) is 3.13. The number of likely N-dealkylation sites (tertiary alicyclic amines) is 1. The second-order valence-electron chi connectivity index (χ2n) is 10.6. The molecule has 1 saturated carbocycles. The third-order valence-corrected chi connectivity index (χ3v) is 8.40. The van der Waals surface area contributed by atoms with E-state index in [1.807, 2.05) is 53.5 Å². The number of allylic oxidation sites excluding steroid dienone is 2. The monoisotopic (exact) mass is 512 g/mol. The molecule has 2 heterocycles. The van der Waals surface area contributed by atoms with E-state index >= 15 is 0 Å². The smallest absolute Gasteiger partial charge is 0.309 e. The number of esters is 1. The number of piperidine rings is 1. The second-order valence-corrected chi connectivity index (χ2v) is 10.6. The molecule has 1 N–H and O–H groups in total. The Labute approximate surface area is 221 Å². The number of methoxy groups -OCH3 is 1. The molecule has 1 aliphatic heterocycles. The number of hydrogen-bond donors (Lipinski definition) is 1. The maximum Gasteiger partial charge on any atom is 0.309 e. The highest BCUT2D eigenvalue weighted by atomic mass is 16.5. The van der Waals surface area contributed by atoms with Crippen LogP contribution >= 0.6 is 0 Å². The van der Waals surface area contributed by atoms with Gasteiger partial charge < -0.3 is 19.5 Å². The van der Waals surface area contributed by atoms with Crippen molar-refractivity contribution in [2.45, 2.75) is 25.9 Å². The van der Waals surface area contributed by atoms with Gasteiger partial charge in [0.05, 0.1) is 36.5 Å². The normalized spacial score (nSPS) is 25.7. The van der Waals surface area contributed by atoms with Gasteiger partial charge in [-0.05, 0) is 42.4 Å². The van der Waals surface area contributed by atoms with Gasteiger partial charge in [-0.15, -0.1) is 0 Å².